The van der Waals surface area contributed by atoms with Gasteiger partial charge in [0.05, 0.1) is 11.6 Å². The molecule has 0 N–H and O–H groups in total. The van der Waals surface area contributed by atoms with Crippen LogP contribution in [0.4, 0.5) is 0 Å². The van der Waals surface area contributed by atoms with Crippen LogP contribution in [0.1, 0.15) is 74.2 Å². The summed E-state index contributed by atoms with van der Waals surface area (Å²) < 4.78 is 5.64. The van der Waals surface area contributed by atoms with Gasteiger partial charge < -0.3 is 4.74 Å². The van der Waals surface area contributed by atoms with Crippen LogP contribution in [-0.4, -0.2) is 12.1 Å². The van der Waals surface area contributed by atoms with Gasteiger partial charge in [-0.05, 0) is 67.3 Å². The van der Waals surface area contributed by atoms with Crippen LogP contribution >= 0.6 is 0 Å². The zero-order valence-electron chi connectivity index (χ0n) is 17.4. The number of nitriles is 1. The van der Waals surface area contributed by atoms with Crippen LogP contribution in [0.2, 0.25) is 0 Å². The predicted molar refractivity (Wildman–Crippen MR) is 116 cm³/mol. The van der Waals surface area contributed by atoms with Gasteiger partial charge in [-0.1, -0.05) is 62.6 Å². The topological polar surface area (TPSA) is 50.1 Å². The monoisotopic (exact) mass is 389 g/mol. The van der Waals surface area contributed by atoms with Crippen LogP contribution in [-0.2, 0) is 11.2 Å². The molecule has 3 heteroatoms. The highest BCUT2D eigenvalue weighted by atomic mass is 16.5. The van der Waals surface area contributed by atoms with Gasteiger partial charge in [-0.2, -0.15) is 5.26 Å². The summed E-state index contributed by atoms with van der Waals surface area (Å²) in [7, 11) is 0. The van der Waals surface area contributed by atoms with Crippen LogP contribution in [0, 0.1) is 17.2 Å². The molecule has 29 heavy (non-hydrogen) atoms. The number of hydrogen-bond donors (Lipinski definition) is 0. The molecule has 0 unspecified atom stereocenters. The fourth-order valence-electron chi connectivity index (χ4n) is 3.95. The number of ether oxygens (including phenoxy) is 1. The molecule has 0 aliphatic heterocycles. The van der Waals surface area contributed by atoms with Crippen LogP contribution in [0.25, 0.3) is 11.1 Å². The highest BCUT2D eigenvalue weighted by Gasteiger charge is 2.24. The number of aryl methyl sites for hydroxylation is 1. The summed E-state index contributed by atoms with van der Waals surface area (Å²) >= 11 is 0. The quantitative estimate of drug-likeness (QED) is 0.372. The lowest BCUT2D eigenvalue weighted by molar-refractivity contribution is 0.0187. The molecule has 3 rings (SSSR count). The second-order valence-corrected chi connectivity index (χ2v) is 8.09. The number of unbranched alkanes of at least 4 members (excludes halogenated alkanes) is 3. The third kappa shape index (κ3) is 6.19. The van der Waals surface area contributed by atoms with Gasteiger partial charge in [-0.25, -0.2) is 4.79 Å². The Morgan fingerprint density at radius 2 is 1.55 bits per heavy atom. The number of benzene rings is 2. The van der Waals surface area contributed by atoms with Crippen molar-refractivity contribution >= 4 is 5.97 Å². The molecule has 3 nitrogen and oxygen atoms in total. The van der Waals surface area contributed by atoms with Crippen molar-refractivity contribution in [2.75, 3.05) is 0 Å². The van der Waals surface area contributed by atoms with E-state index in [0.29, 0.717) is 5.56 Å². The first-order valence-electron chi connectivity index (χ1n) is 11.0. The van der Waals surface area contributed by atoms with Crippen LogP contribution < -0.4 is 0 Å². The van der Waals surface area contributed by atoms with E-state index in [0.717, 1.165) is 43.2 Å². The molecule has 1 fully saturated rings. The molecule has 0 spiro atoms. The van der Waals surface area contributed by atoms with Gasteiger partial charge in [0.15, 0.2) is 0 Å². The first-order valence-corrected chi connectivity index (χ1v) is 11.0. The average molecular weight is 390 g/mol. The van der Waals surface area contributed by atoms with E-state index in [1.807, 2.05) is 24.3 Å². The summed E-state index contributed by atoms with van der Waals surface area (Å²) in [5, 5.41) is 8.97. The Bertz CT molecular complexity index is 809. The van der Waals surface area contributed by atoms with Gasteiger partial charge in [0, 0.05) is 5.92 Å². The second-order valence-electron chi connectivity index (χ2n) is 8.09. The Balaban J connectivity index is 1.53. The lowest BCUT2D eigenvalue weighted by Gasteiger charge is -2.24. The maximum Gasteiger partial charge on any atom is 0.338 e. The number of rotatable bonds is 8. The SMILES string of the molecule is CCCCCCc1ccc(-c2ccc(C(=O)O[C@H]3CC[C@H](C#N)CC3)cc2)cc1. The first-order chi connectivity index (χ1) is 14.2. The molecule has 0 amide bonds. The lowest BCUT2D eigenvalue weighted by Crippen LogP contribution is -2.24. The summed E-state index contributed by atoms with van der Waals surface area (Å²) in [6.07, 6.45) is 9.43. The molecule has 1 aliphatic carbocycles. The molecule has 1 aliphatic rings. The smallest absolute Gasteiger partial charge is 0.338 e. The van der Waals surface area contributed by atoms with Crippen LogP contribution in [0.3, 0.4) is 0 Å². The van der Waals surface area contributed by atoms with Gasteiger partial charge >= 0.3 is 5.97 Å². The average Bonchev–Trinajstić information content (AvgIpc) is 2.78. The zero-order chi connectivity index (χ0) is 20.5. The number of esters is 1. The van der Waals surface area contributed by atoms with Crippen molar-refractivity contribution in [2.24, 2.45) is 5.92 Å². The molecule has 152 valence electrons. The van der Waals surface area contributed by atoms with Crippen molar-refractivity contribution in [3.05, 3.63) is 59.7 Å². The predicted octanol–water partition coefficient (Wildman–Crippen LogP) is 6.72. The third-order valence-corrected chi connectivity index (χ3v) is 5.86. The van der Waals surface area contributed by atoms with E-state index in [9.17, 15) is 4.79 Å². The molecule has 0 saturated heterocycles. The Morgan fingerprint density at radius 3 is 2.14 bits per heavy atom. The van der Waals surface area contributed by atoms with Gasteiger partial charge in [0.25, 0.3) is 0 Å². The van der Waals surface area contributed by atoms with Gasteiger partial charge in [0.2, 0.25) is 0 Å². The van der Waals surface area contributed by atoms with Gasteiger partial charge in [-0.15, -0.1) is 0 Å². The second kappa shape index (κ2) is 10.8. The molecular weight excluding hydrogens is 358 g/mol. The number of hydrogen-bond acceptors (Lipinski definition) is 3. The van der Waals surface area contributed by atoms with Crippen LogP contribution in [0.15, 0.2) is 48.5 Å². The minimum absolute atomic E-state index is 0.0587. The van der Waals surface area contributed by atoms with E-state index >= 15 is 0 Å². The fraction of sp³-hybridized carbons (Fsp3) is 0.462. The Labute approximate surface area is 174 Å². The Morgan fingerprint density at radius 1 is 0.931 bits per heavy atom. The van der Waals surface area contributed by atoms with E-state index in [1.54, 1.807) is 0 Å². The standard InChI is InChI=1S/C26H31NO2/c1-2-3-4-5-6-20-7-11-22(12-8-20)23-13-15-24(16-14-23)26(28)29-25-17-9-21(19-27)10-18-25/h7-8,11-16,21,25H,2-6,9-10,17-18H2,1H3/t21-,25-. The Hall–Kier alpha value is -2.60. The van der Waals surface area contributed by atoms with Crippen LogP contribution in [0.5, 0.6) is 0 Å². The van der Waals surface area contributed by atoms with Crippen molar-refractivity contribution in [3.63, 3.8) is 0 Å². The third-order valence-electron chi connectivity index (χ3n) is 5.86. The first kappa shape index (κ1) is 21.1. The number of nitrogens with zero attached hydrogens (tertiary/aromatic N) is 1. The van der Waals surface area contributed by atoms with E-state index < -0.39 is 0 Å². The number of carbonyl (C=O) groups is 1. The summed E-state index contributed by atoms with van der Waals surface area (Å²) in [4.78, 5) is 12.4. The summed E-state index contributed by atoms with van der Waals surface area (Å²) in [5.41, 5.74) is 4.24. The fourth-order valence-corrected chi connectivity index (χ4v) is 3.95. The molecule has 0 bridgehead atoms. The van der Waals surface area contributed by atoms with Crippen molar-refractivity contribution < 1.29 is 9.53 Å². The molecule has 2 aromatic rings. The summed E-state index contributed by atoms with van der Waals surface area (Å²) in [6.45, 7) is 2.24. The van der Waals surface area contributed by atoms with Gasteiger partial charge in [0.1, 0.15) is 6.10 Å². The van der Waals surface area contributed by atoms with E-state index in [1.165, 1.54) is 31.2 Å². The largest absolute Gasteiger partial charge is 0.459 e. The molecule has 0 aromatic heterocycles. The van der Waals surface area contributed by atoms with Crippen molar-refractivity contribution in [1.82, 2.24) is 0 Å². The van der Waals surface area contributed by atoms with Crippen molar-refractivity contribution in [1.29, 1.82) is 5.26 Å². The van der Waals surface area contributed by atoms with Crippen molar-refractivity contribution in [2.45, 2.75) is 70.8 Å². The molecule has 0 atom stereocenters. The summed E-state index contributed by atoms with van der Waals surface area (Å²) in [6, 6.07) is 18.7. The normalized spacial score (nSPS) is 18.8. The molecule has 1 saturated carbocycles. The van der Waals surface area contributed by atoms with E-state index in [-0.39, 0.29) is 18.0 Å². The molecule has 2 aromatic carbocycles. The van der Waals surface area contributed by atoms with Gasteiger partial charge in [-0.3, -0.25) is 0 Å². The van der Waals surface area contributed by atoms with E-state index in [2.05, 4.69) is 37.3 Å². The number of carbonyl (C=O) groups excluding carboxylic acids is 1. The Kier molecular flexibility index (Phi) is 7.87. The zero-order valence-corrected chi connectivity index (χ0v) is 17.4. The highest BCUT2D eigenvalue weighted by Crippen LogP contribution is 2.27. The maximum atomic E-state index is 12.4. The maximum absolute atomic E-state index is 12.4. The van der Waals surface area contributed by atoms with E-state index in [4.69, 9.17) is 10.00 Å². The summed E-state index contributed by atoms with van der Waals surface area (Å²) in [5.74, 6) is -0.147. The highest BCUT2D eigenvalue weighted by molar-refractivity contribution is 5.90. The van der Waals surface area contributed by atoms with Crippen molar-refractivity contribution in [3.8, 4) is 17.2 Å². The minimum Gasteiger partial charge on any atom is -0.459 e. The molecular formula is C26H31NO2. The molecule has 0 heterocycles. The minimum atomic E-state index is -0.264. The lowest BCUT2D eigenvalue weighted by atomic mass is 9.88. The molecule has 0 radical (unpaired) electrons.